The predicted octanol–water partition coefficient (Wildman–Crippen LogP) is 2.79. The molecule has 0 aliphatic carbocycles. The number of carbonyl (C=O) groups excluding carboxylic acids is 1. The van der Waals surface area contributed by atoms with Gasteiger partial charge in [-0.1, -0.05) is 18.2 Å². The van der Waals surface area contributed by atoms with Crippen LogP contribution < -0.4 is 25.4 Å². The number of nitrogens with one attached hydrogen (secondary N) is 2. The summed E-state index contributed by atoms with van der Waals surface area (Å²) in [5.41, 5.74) is 7.12. The van der Waals surface area contributed by atoms with E-state index in [2.05, 4.69) is 25.7 Å². The molecule has 4 rings (SSSR count). The van der Waals surface area contributed by atoms with Gasteiger partial charge in [0.2, 0.25) is 11.6 Å². The van der Waals surface area contributed by atoms with Crippen molar-refractivity contribution in [2.24, 2.45) is 0 Å². The third-order valence-corrected chi connectivity index (χ3v) is 5.69. The van der Waals surface area contributed by atoms with Gasteiger partial charge >= 0.3 is 5.69 Å². The first-order valence-electron chi connectivity index (χ1n) is 10.7. The van der Waals surface area contributed by atoms with Crippen LogP contribution >= 0.6 is 0 Å². The molecular formula is C23H25N7O4. The third kappa shape index (κ3) is 4.82. The number of aryl methyl sites for hydroxylation is 1. The van der Waals surface area contributed by atoms with E-state index >= 15 is 0 Å². The van der Waals surface area contributed by atoms with Crippen LogP contribution in [0.3, 0.4) is 0 Å². The second-order valence-corrected chi connectivity index (χ2v) is 7.72. The summed E-state index contributed by atoms with van der Waals surface area (Å²) < 4.78 is 5.21. The van der Waals surface area contributed by atoms with Gasteiger partial charge in [0, 0.05) is 37.4 Å². The van der Waals surface area contributed by atoms with Gasteiger partial charge in [0.15, 0.2) is 0 Å². The Balaban J connectivity index is 1.47. The zero-order valence-electron chi connectivity index (χ0n) is 18.9. The molecule has 0 spiro atoms. The van der Waals surface area contributed by atoms with Gasteiger partial charge in [-0.3, -0.25) is 25.8 Å². The second-order valence-electron chi connectivity index (χ2n) is 7.72. The molecule has 0 radical (unpaired) electrons. The van der Waals surface area contributed by atoms with Crippen molar-refractivity contribution in [3.63, 3.8) is 0 Å². The molecule has 0 atom stereocenters. The van der Waals surface area contributed by atoms with Crippen LogP contribution in [0, 0.1) is 17.0 Å². The lowest BCUT2D eigenvalue weighted by Gasteiger charge is -2.36. The summed E-state index contributed by atoms with van der Waals surface area (Å²) in [5.74, 6) is 0.505. The van der Waals surface area contributed by atoms with Crippen LogP contribution in [-0.4, -0.2) is 54.1 Å². The molecule has 1 aliphatic heterocycles. The fourth-order valence-electron chi connectivity index (χ4n) is 3.84. The quantitative estimate of drug-likeness (QED) is 0.402. The maximum Gasteiger partial charge on any atom is 0.355 e. The molecule has 11 heteroatoms. The average Bonchev–Trinajstić information content (AvgIpc) is 2.87. The van der Waals surface area contributed by atoms with Crippen molar-refractivity contribution in [3.05, 3.63) is 76.1 Å². The molecule has 1 aromatic heterocycles. The molecule has 0 bridgehead atoms. The van der Waals surface area contributed by atoms with Crippen LogP contribution in [0.4, 0.5) is 23.0 Å². The highest BCUT2D eigenvalue weighted by Crippen LogP contribution is 2.32. The fourth-order valence-corrected chi connectivity index (χ4v) is 3.84. The number of ether oxygens (including phenoxy) is 1. The number of hydrazine groups is 1. The lowest BCUT2D eigenvalue weighted by Crippen LogP contribution is -2.47. The molecule has 0 saturated carbocycles. The van der Waals surface area contributed by atoms with Gasteiger partial charge in [0.25, 0.3) is 5.91 Å². The highest BCUT2D eigenvalue weighted by atomic mass is 16.6. The molecule has 1 amide bonds. The van der Waals surface area contributed by atoms with Crippen molar-refractivity contribution in [1.29, 1.82) is 0 Å². The summed E-state index contributed by atoms with van der Waals surface area (Å²) in [7, 11) is 1.62. The van der Waals surface area contributed by atoms with Crippen LogP contribution in [0.15, 0.2) is 54.9 Å². The van der Waals surface area contributed by atoms with Crippen molar-refractivity contribution in [3.8, 4) is 5.75 Å². The lowest BCUT2D eigenvalue weighted by molar-refractivity contribution is -0.383. The maximum absolute atomic E-state index is 12.5. The number of piperazine rings is 1. The molecule has 176 valence electrons. The van der Waals surface area contributed by atoms with Crippen LogP contribution in [0.2, 0.25) is 0 Å². The Labute approximate surface area is 196 Å². The average molecular weight is 463 g/mol. The number of hydrogen-bond acceptors (Lipinski definition) is 9. The first-order chi connectivity index (χ1) is 16.5. The normalized spacial score (nSPS) is 13.4. The van der Waals surface area contributed by atoms with Crippen molar-refractivity contribution in [2.45, 2.75) is 6.92 Å². The Bertz CT molecular complexity index is 1180. The summed E-state index contributed by atoms with van der Waals surface area (Å²) in [5, 5.41) is 11.9. The lowest BCUT2D eigenvalue weighted by atomic mass is 10.1. The molecule has 0 unspecified atom stereocenters. The SMILES string of the molecule is COc1ccc(N2CCN(c3ncnc(NNC(=O)c4ccccc4C)c3[N+](=O)[O-])CC2)cc1. The van der Waals surface area contributed by atoms with Crippen molar-refractivity contribution in [2.75, 3.05) is 48.5 Å². The van der Waals surface area contributed by atoms with Crippen LogP contribution in [0.1, 0.15) is 15.9 Å². The van der Waals surface area contributed by atoms with E-state index in [1.54, 1.807) is 19.2 Å². The summed E-state index contributed by atoms with van der Waals surface area (Å²) in [6.07, 6.45) is 1.25. The van der Waals surface area contributed by atoms with Crippen molar-refractivity contribution < 1.29 is 14.5 Å². The molecule has 2 N–H and O–H groups in total. The fraction of sp³-hybridized carbons (Fsp3) is 0.261. The third-order valence-electron chi connectivity index (χ3n) is 5.69. The molecule has 2 heterocycles. The van der Waals surface area contributed by atoms with Gasteiger partial charge in [-0.25, -0.2) is 9.97 Å². The maximum atomic E-state index is 12.5. The summed E-state index contributed by atoms with van der Waals surface area (Å²) in [6.45, 7) is 4.23. The van der Waals surface area contributed by atoms with Gasteiger partial charge in [-0.15, -0.1) is 0 Å². The standard InChI is InChI=1S/C23H25N7O4/c1-16-5-3-4-6-19(16)23(31)27-26-21-20(30(32)33)22(25-15-24-21)29-13-11-28(12-14-29)17-7-9-18(34-2)10-8-17/h3-10,15H,11-14H2,1-2H3,(H,27,31)(H,24,25,26). The van der Waals surface area contributed by atoms with Gasteiger partial charge in [-0.2, -0.15) is 0 Å². The molecule has 1 saturated heterocycles. The zero-order chi connectivity index (χ0) is 24.1. The first kappa shape index (κ1) is 22.8. The van der Waals surface area contributed by atoms with E-state index in [1.165, 1.54) is 6.33 Å². The van der Waals surface area contributed by atoms with E-state index in [-0.39, 0.29) is 17.3 Å². The Morgan fingerprint density at radius 1 is 1.03 bits per heavy atom. The predicted molar refractivity (Wildman–Crippen MR) is 128 cm³/mol. The molecule has 1 fully saturated rings. The van der Waals surface area contributed by atoms with Crippen molar-refractivity contribution in [1.82, 2.24) is 15.4 Å². The number of anilines is 3. The van der Waals surface area contributed by atoms with Crippen molar-refractivity contribution >= 4 is 28.9 Å². The molecule has 2 aromatic carbocycles. The Morgan fingerprint density at radius 3 is 2.35 bits per heavy atom. The van der Waals surface area contributed by atoms with Gasteiger partial charge in [-0.05, 0) is 42.8 Å². The topological polar surface area (TPSA) is 126 Å². The summed E-state index contributed by atoms with van der Waals surface area (Å²) in [6, 6.07) is 14.8. The van der Waals surface area contributed by atoms with E-state index < -0.39 is 10.8 Å². The summed E-state index contributed by atoms with van der Waals surface area (Å²) >= 11 is 0. The molecule has 3 aromatic rings. The Hall–Kier alpha value is -4.41. The van der Waals surface area contributed by atoms with E-state index in [9.17, 15) is 14.9 Å². The van der Waals surface area contributed by atoms with E-state index in [4.69, 9.17) is 4.74 Å². The van der Waals surface area contributed by atoms with Crippen LogP contribution in [-0.2, 0) is 0 Å². The zero-order valence-corrected chi connectivity index (χ0v) is 18.9. The minimum Gasteiger partial charge on any atom is -0.497 e. The van der Waals surface area contributed by atoms with E-state index in [1.807, 2.05) is 48.2 Å². The number of benzene rings is 2. The van der Waals surface area contributed by atoms with Crippen LogP contribution in [0.25, 0.3) is 0 Å². The number of nitrogens with zero attached hydrogens (tertiary/aromatic N) is 5. The van der Waals surface area contributed by atoms with E-state index in [0.717, 1.165) is 17.0 Å². The van der Waals surface area contributed by atoms with Crippen LogP contribution in [0.5, 0.6) is 5.75 Å². The number of carbonyl (C=O) groups is 1. The number of amides is 1. The number of nitro groups is 1. The minimum atomic E-state index is -0.534. The Morgan fingerprint density at radius 2 is 1.71 bits per heavy atom. The van der Waals surface area contributed by atoms with Gasteiger partial charge in [0.05, 0.1) is 12.0 Å². The number of rotatable bonds is 7. The number of aromatic nitrogens is 2. The summed E-state index contributed by atoms with van der Waals surface area (Å²) in [4.78, 5) is 36.1. The smallest absolute Gasteiger partial charge is 0.355 e. The largest absolute Gasteiger partial charge is 0.497 e. The van der Waals surface area contributed by atoms with Gasteiger partial charge in [0.1, 0.15) is 12.1 Å². The molecule has 11 nitrogen and oxygen atoms in total. The monoisotopic (exact) mass is 463 g/mol. The van der Waals surface area contributed by atoms with Gasteiger partial charge < -0.3 is 14.5 Å². The highest BCUT2D eigenvalue weighted by molar-refractivity contribution is 5.96. The van der Waals surface area contributed by atoms with E-state index in [0.29, 0.717) is 31.7 Å². The first-order valence-corrected chi connectivity index (χ1v) is 10.7. The second kappa shape index (κ2) is 10.0. The molecule has 34 heavy (non-hydrogen) atoms. The highest BCUT2D eigenvalue weighted by Gasteiger charge is 2.29. The molecular weight excluding hydrogens is 438 g/mol. The number of hydrogen-bond donors (Lipinski definition) is 2. The minimum absolute atomic E-state index is 0.0745. The Kier molecular flexibility index (Phi) is 6.72. The molecule has 1 aliphatic rings. The number of methoxy groups -OCH3 is 1.